The van der Waals surface area contributed by atoms with Gasteiger partial charge in [-0.15, -0.1) is 0 Å². The summed E-state index contributed by atoms with van der Waals surface area (Å²) < 4.78 is 1.79. The van der Waals surface area contributed by atoms with Crippen molar-refractivity contribution in [2.75, 3.05) is 25.0 Å². The lowest BCUT2D eigenvalue weighted by atomic mass is 10.1. The number of urea groups is 1. The lowest BCUT2D eigenvalue weighted by Crippen LogP contribution is -2.32. The number of carbonyl (C=O) groups is 2. The third-order valence-corrected chi connectivity index (χ3v) is 4.66. The van der Waals surface area contributed by atoms with E-state index in [9.17, 15) is 9.59 Å². The van der Waals surface area contributed by atoms with E-state index in [2.05, 4.69) is 15.7 Å². The van der Waals surface area contributed by atoms with E-state index in [0.717, 1.165) is 31.6 Å². The second-order valence-electron chi connectivity index (χ2n) is 6.89. The van der Waals surface area contributed by atoms with Crippen molar-refractivity contribution in [3.05, 3.63) is 47.8 Å². The summed E-state index contributed by atoms with van der Waals surface area (Å²) in [4.78, 5) is 26.7. The second kappa shape index (κ2) is 9.21. The number of anilines is 1. The van der Waals surface area contributed by atoms with Gasteiger partial charge < -0.3 is 15.5 Å². The topological polar surface area (TPSA) is 79.3 Å². The van der Waals surface area contributed by atoms with Gasteiger partial charge in [0.2, 0.25) is 0 Å². The number of nitrogens with one attached hydrogen (secondary N) is 2. The maximum Gasteiger partial charge on any atom is 0.319 e. The molecule has 0 saturated carbocycles. The van der Waals surface area contributed by atoms with Crippen molar-refractivity contribution in [3.8, 4) is 0 Å². The lowest BCUT2D eigenvalue weighted by Gasteiger charge is -2.20. The number of likely N-dealkylation sites (tertiary alicyclic amines) is 1. The van der Waals surface area contributed by atoms with E-state index >= 15 is 0 Å². The Morgan fingerprint density at radius 1 is 1.11 bits per heavy atom. The molecular formula is C20H27N5O2. The molecule has 0 aliphatic carbocycles. The Bertz CT molecular complexity index is 778. The van der Waals surface area contributed by atoms with Crippen molar-refractivity contribution < 1.29 is 9.59 Å². The summed E-state index contributed by atoms with van der Waals surface area (Å²) >= 11 is 0. The Kier molecular flexibility index (Phi) is 6.46. The van der Waals surface area contributed by atoms with Crippen LogP contribution in [0, 0.1) is 6.92 Å². The summed E-state index contributed by atoms with van der Waals surface area (Å²) in [5, 5.41) is 9.87. The van der Waals surface area contributed by atoms with E-state index in [1.54, 1.807) is 28.9 Å². The number of hydrogen-bond acceptors (Lipinski definition) is 3. The van der Waals surface area contributed by atoms with Crippen molar-refractivity contribution in [2.45, 2.75) is 39.2 Å². The van der Waals surface area contributed by atoms with Gasteiger partial charge in [-0.1, -0.05) is 18.9 Å². The summed E-state index contributed by atoms with van der Waals surface area (Å²) in [6, 6.07) is 8.76. The first kappa shape index (κ1) is 18.9. The van der Waals surface area contributed by atoms with Crippen molar-refractivity contribution >= 4 is 17.6 Å². The largest absolute Gasteiger partial charge is 0.339 e. The highest BCUT2D eigenvalue weighted by Gasteiger charge is 2.17. The maximum absolute atomic E-state index is 12.7. The number of benzene rings is 1. The van der Waals surface area contributed by atoms with Gasteiger partial charge in [-0.05, 0) is 44.0 Å². The minimum absolute atomic E-state index is 0.0370. The van der Waals surface area contributed by atoms with Gasteiger partial charge in [0.25, 0.3) is 5.91 Å². The normalized spacial score (nSPS) is 14.5. The molecule has 27 heavy (non-hydrogen) atoms. The van der Waals surface area contributed by atoms with E-state index in [1.165, 1.54) is 12.8 Å². The molecule has 1 fully saturated rings. The molecule has 0 spiro atoms. The standard InChI is InChI=1S/C20H27N5O2/c1-16-9-13-25(23-16)14-10-21-20(27)22-18-8-6-7-17(15-18)19(26)24-11-4-2-3-5-12-24/h6-9,13,15H,2-5,10-12,14H2,1H3,(H2,21,22,27). The highest BCUT2D eigenvalue weighted by molar-refractivity contribution is 5.96. The molecule has 1 aliphatic rings. The molecule has 0 atom stereocenters. The molecule has 1 saturated heterocycles. The fourth-order valence-electron chi connectivity index (χ4n) is 3.23. The van der Waals surface area contributed by atoms with Gasteiger partial charge in [0, 0.05) is 37.1 Å². The Morgan fingerprint density at radius 2 is 1.89 bits per heavy atom. The number of hydrogen-bond donors (Lipinski definition) is 2. The Morgan fingerprint density at radius 3 is 2.59 bits per heavy atom. The molecule has 7 nitrogen and oxygen atoms in total. The minimum Gasteiger partial charge on any atom is -0.339 e. The molecule has 7 heteroatoms. The van der Waals surface area contributed by atoms with Gasteiger partial charge >= 0.3 is 6.03 Å². The Balaban J connectivity index is 1.51. The van der Waals surface area contributed by atoms with Crippen LogP contribution in [0.3, 0.4) is 0 Å². The van der Waals surface area contributed by atoms with Gasteiger partial charge in [0.1, 0.15) is 0 Å². The third-order valence-electron chi connectivity index (χ3n) is 4.66. The number of carbonyl (C=O) groups excluding carboxylic acids is 2. The molecule has 2 aromatic rings. The molecular weight excluding hydrogens is 342 g/mol. The van der Waals surface area contributed by atoms with Crippen molar-refractivity contribution in [2.24, 2.45) is 0 Å². The van der Waals surface area contributed by atoms with Gasteiger partial charge in [-0.3, -0.25) is 9.48 Å². The SMILES string of the molecule is Cc1ccn(CCNC(=O)Nc2cccc(C(=O)N3CCCCCC3)c2)n1. The highest BCUT2D eigenvalue weighted by Crippen LogP contribution is 2.16. The zero-order valence-corrected chi connectivity index (χ0v) is 15.8. The quantitative estimate of drug-likeness (QED) is 0.850. The monoisotopic (exact) mass is 369 g/mol. The molecule has 1 aromatic carbocycles. The van der Waals surface area contributed by atoms with Crippen LogP contribution in [0.1, 0.15) is 41.7 Å². The smallest absolute Gasteiger partial charge is 0.319 e. The predicted molar refractivity (Wildman–Crippen MR) is 105 cm³/mol. The molecule has 1 aromatic heterocycles. The minimum atomic E-state index is -0.293. The summed E-state index contributed by atoms with van der Waals surface area (Å²) in [5.41, 5.74) is 2.18. The number of amides is 3. The molecule has 0 radical (unpaired) electrons. The predicted octanol–water partition coefficient (Wildman–Crippen LogP) is 3.03. The Labute approximate surface area is 159 Å². The number of nitrogens with zero attached hydrogens (tertiary/aromatic N) is 3. The average Bonchev–Trinajstić information content (AvgIpc) is 2.91. The van der Waals surface area contributed by atoms with Crippen LogP contribution >= 0.6 is 0 Å². The molecule has 2 heterocycles. The van der Waals surface area contributed by atoms with Crippen molar-refractivity contribution in [1.82, 2.24) is 20.0 Å². The first-order valence-corrected chi connectivity index (χ1v) is 9.56. The van der Waals surface area contributed by atoms with Gasteiger partial charge in [-0.2, -0.15) is 5.10 Å². The highest BCUT2D eigenvalue weighted by atomic mass is 16.2. The number of aromatic nitrogens is 2. The zero-order chi connectivity index (χ0) is 19.1. The zero-order valence-electron chi connectivity index (χ0n) is 15.8. The van der Waals surface area contributed by atoms with Crippen LogP contribution in [0.2, 0.25) is 0 Å². The third kappa shape index (κ3) is 5.57. The summed E-state index contributed by atoms with van der Waals surface area (Å²) in [6.07, 6.45) is 6.36. The fourth-order valence-corrected chi connectivity index (χ4v) is 3.23. The van der Waals surface area contributed by atoms with E-state index in [-0.39, 0.29) is 11.9 Å². The van der Waals surface area contributed by atoms with Crippen molar-refractivity contribution in [1.29, 1.82) is 0 Å². The molecule has 3 rings (SSSR count). The van der Waals surface area contributed by atoms with Crippen LogP contribution in [0.4, 0.5) is 10.5 Å². The summed E-state index contributed by atoms with van der Waals surface area (Å²) in [5.74, 6) is 0.0370. The van der Waals surface area contributed by atoms with Gasteiger partial charge in [-0.25, -0.2) is 4.79 Å². The van der Waals surface area contributed by atoms with Crippen LogP contribution in [0.15, 0.2) is 36.5 Å². The van der Waals surface area contributed by atoms with E-state index in [1.807, 2.05) is 24.1 Å². The van der Waals surface area contributed by atoms with Crippen LogP contribution in [0.5, 0.6) is 0 Å². The van der Waals surface area contributed by atoms with Crippen LogP contribution < -0.4 is 10.6 Å². The first-order valence-electron chi connectivity index (χ1n) is 9.56. The summed E-state index contributed by atoms with van der Waals surface area (Å²) in [6.45, 7) is 4.62. The molecule has 1 aliphatic heterocycles. The molecule has 0 unspecified atom stereocenters. The molecule has 2 N–H and O–H groups in total. The number of rotatable bonds is 5. The van der Waals surface area contributed by atoms with E-state index in [0.29, 0.717) is 24.3 Å². The fraction of sp³-hybridized carbons (Fsp3) is 0.450. The van der Waals surface area contributed by atoms with Crippen molar-refractivity contribution in [3.63, 3.8) is 0 Å². The molecule has 144 valence electrons. The van der Waals surface area contributed by atoms with Gasteiger partial charge in [0.15, 0.2) is 0 Å². The van der Waals surface area contributed by atoms with E-state index < -0.39 is 0 Å². The van der Waals surface area contributed by atoms with E-state index in [4.69, 9.17) is 0 Å². The molecule has 3 amide bonds. The average molecular weight is 369 g/mol. The van der Waals surface area contributed by atoms with Crippen LogP contribution in [0.25, 0.3) is 0 Å². The molecule has 0 bridgehead atoms. The van der Waals surface area contributed by atoms with Crippen LogP contribution in [-0.2, 0) is 6.54 Å². The Hall–Kier alpha value is -2.83. The maximum atomic E-state index is 12.7. The first-order chi connectivity index (χ1) is 13.1. The summed E-state index contributed by atoms with van der Waals surface area (Å²) in [7, 11) is 0. The number of aryl methyl sites for hydroxylation is 1. The lowest BCUT2D eigenvalue weighted by molar-refractivity contribution is 0.0761. The second-order valence-corrected chi connectivity index (χ2v) is 6.89. The van der Waals surface area contributed by atoms with Crippen LogP contribution in [-0.4, -0.2) is 46.3 Å². The van der Waals surface area contributed by atoms with Gasteiger partial charge in [0.05, 0.1) is 12.2 Å².